The lowest BCUT2D eigenvalue weighted by atomic mass is 10.0. The highest BCUT2D eigenvalue weighted by atomic mass is 35.5. The van der Waals surface area contributed by atoms with Crippen molar-refractivity contribution in [2.45, 2.75) is 25.8 Å². The molecule has 0 aliphatic heterocycles. The normalized spacial score (nSPS) is 12.2. The minimum Gasteiger partial charge on any atom is -0.457 e. The van der Waals surface area contributed by atoms with E-state index in [0.717, 1.165) is 30.2 Å². The van der Waals surface area contributed by atoms with E-state index in [4.69, 9.17) is 22.1 Å². The molecule has 0 saturated heterocycles. The topological polar surface area (TPSA) is 35.2 Å². The summed E-state index contributed by atoms with van der Waals surface area (Å²) in [5.74, 6) is -0.885. The van der Waals surface area contributed by atoms with Crippen molar-refractivity contribution in [3.8, 4) is 11.5 Å². The van der Waals surface area contributed by atoms with E-state index in [1.54, 1.807) is 12.1 Å². The molecule has 0 amide bonds. The molecular weight excluding hydrogens is 296 g/mol. The van der Waals surface area contributed by atoms with Crippen molar-refractivity contribution in [3.63, 3.8) is 0 Å². The molecule has 2 rings (SSSR count). The molecule has 0 saturated carbocycles. The van der Waals surface area contributed by atoms with Crippen LogP contribution in [0.25, 0.3) is 0 Å². The lowest BCUT2D eigenvalue weighted by molar-refractivity contribution is 0.468. The molecule has 0 heterocycles. The van der Waals surface area contributed by atoms with Crippen LogP contribution in [0.4, 0.5) is 8.78 Å². The Hall–Kier alpha value is -1.65. The van der Waals surface area contributed by atoms with Gasteiger partial charge in [0.05, 0.1) is 0 Å². The molecule has 5 heteroatoms. The minimum atomic E-state index is -0.693. The molecular formula is C16H16ClF2NO. The molecule has 0 spiro atoms. The van der Waals surface area contributed by atoms with Crippen LogP contribution in [-0.4, -0.2) is 6.04 Å². The predicted molar refractivity (Wildman–Crippen MR) is 79.9 cm³/mol. The zero-order chi connectivity index (χ0) is 15.4. The summed E-state index contributed by atoms with van der Waals surface area (Å²) in [5, 5.41) is 0.522. The van der Waals surface area contributed by atoms with Crippen molar-refractivity contribution in [2.75, 3.05) is 0 Å². The maximum Gasteiger partial charge on any atom is 0.133 e. The van der Waals surface area contributed by atoms with Gasteiger partial charge >= 0.3 is 0 Å². The summed E-state index contributed by atoms with van der Waals surface area (Å²) in [6.07, 6.45) is 1.53. The average Bonchev–Trinajstić information content (AvgIpc) is 2.40. The molecule has 0 radical (unpaired) electrons. The summed E-state index contributed by atoms with van der Waals surface area (Å²) < 4.78 is 31.6. The van der Waals surface area contributed by atoms with Crippen molar-refractivity contribution in [2.24, 2.45) is 5.73 Å². The standard InChI is InChI=1S/C16H16ClF2NO/c1-2-13(20)5-10-3-4-14(9-16(10)17)21-15-7-11(18)6-12(19)8-15/h3-4,6-9,13H,2,5,20H2,1H3. The van der Waals surface area contributed by atoms with Crippen LogP contribution in [0.15, 0.2) is 36.4 Å². The Bertz CT molecular complexity index is 613. The lowest BCUT2D eigenvalue weighted by Gasteiger charge is -2.12. The van der Waals surface area contributed by atoms with Gasteiger partial charge < -0.3 is 10.5 Å². The molecule has 2 aromatic rings. The minimum absolute atomic E-state index is 0.0478. The molecule has 2 aromatic carbocycles. The maximum absolute atomic E-state index is 13.1. The van der Waals surface area contributed by atoms with E-state index in [1.165, 1.54) is 0 Å². The highest BCUT2D eigenvalue weighted by molar-refractivity contribution is 6.31. The van der Waals surface area contributed by atoms with Gasteiger partial charge in [-0.25, -0.2) is 8.78 Å². The molecule has 0 bridgehead atoms. The molecule has 0 aliphatic carbocycles. The fourth-order valence-electron chi connectivity index (χ4n) is 1.91. The SMILES string of the molecule is CCC(N)Cc1ccc(Oc2cc(F)cc(F)c2)cc1Cl. The predicted octanol–water partition coefficient (Wildman–Crippen LogP) is 4.69. The van der Waals surface area contributed by atoms with Crippen molar-refractivity contribution >= 4 is 11.6 Å². The van der Waals surface area contributed by atoms with E-state index < -0.39 is 11.6 Å². The third-order valence-corrected chi connectivity index (χ3v) is 3.45. The first kappa shape index (κ1) is 15.7. The fourth-order valence-corrected chi connectivity index (χ4v) is 2.16. The molecule has 2 N–H and O–H groups in total. The van der Waals surface area contributed by atoms with E-state index in [1.807, 2.05) is 13.0 Å². The van der Waals surface area contributed by atoms with E-state index in [-0.39, 0.29) is 11.8 Å². The van der Waals surface area contributed by atoms with Gasteiger partial charge in [0, 0.05) is 29.3 Å². The number of rotatable bonds is 5. The molecule has 2 nitrogen and oxygen atoms in total. The number of halogens is 3. The van der Waals surface area contributed by atoms with Crippen molar-refractivity contribution in [1.29, 1.82) is 0 Å². The number of hydrogen-bond acceptors (Lipinski definition) is 2. The number of ether oxygens (including phenoxy) is 1. The smallest absolute Gasteiger partial charge is 0.133 e. The van der Waals surface area contributed by atoms with Crippen LogP contribution in [0.2, 0.25) is 5.02 Å². The summed E-state index contributed by atoms with van der Waals surface area (Å²) in [7, 11) is 0. The Balaban J connectivity index is 2.16. The van der Waals surface area contributed by atoms with Crippen molar-refractivity contribution in [3.05, 3.63) is 58.6 Å². The summed E-state index contributed by atoms with van der Waals surface area (Å²) >= 11 is 6.18. The van der Waals surface area contributed by atoms with Gasteiger partial charge in [-0.1, -0.05) is 24.6 Å². The van der Waals surface area contributed by atoms with E-state index in [2.05, 4.69) is 0 Å². The molecule has 0 aromatic heterocycles. The highest BCUT2D eigenvalue weighted by Gasteiger charge is 2.08. The highest BCUT2D eigenvalue weighted by Crippen LogP contribution is 2.28. The Kier molecular flexibility index (Phi) is 5.15. The molecule has 0 aliphatic rings. The molecule has 1 unspecified atom stereocenters. The largest absolute Gasteiger partial charge is 0.457 e. The summed E-state index contributed by atoms with van der Waals surface area (Å²) in [6.45, 7) is 2.01. The van der Waals surface area contributed by atoms with Crippen LogP contribution < -0.4 is 10.5 Å². The Labute approximate surface area is 127 Å². The second-order valence-corrected chi connectivity index (χ2v) is 5.24. The third kappa shape index (κ3) is 4.41. The van der Waals surface area contributed by atoms with E-state index >= 15 is 0 Å². The summed E-state index contributed by atoms with van der Waals surface area (Å²) in [6, 6.07) is 8.17. The zero-order valence-electron chi connectivity index (χ0n) is 11.6. The fraction of sp³-hybridized carbons (Fsp3) is 0.250. The quantitative estimate of drug-likeness (QED) is 0.869. The Morgan fingerprint density at radius 3 is 2.33 bits per heavy atom. The molecule has 1 atom stereocenters. The van der Waals surface area contributed by atoms with Gasteiger partial charge in [0.25, 0.3) is 0 Å². The number of nitrogens with two attached hydrogens (primary N) is 1. The van der Waals surface area contributed by atoms with E-state index in [9.17, 15) is 8.78 Å². The zero-order valence-corrected chi connectivity index (χ0v) is 12.3. The van der Waals surface area contributed by atoms with Crippen LogP contribution in [0.3, 0.4) is 0 Å². The Morgan fingerprint density at radius 2 is 1.76 bits per heavy atom. The molecule has 21 heavy (non-hydrogen) atoms. The van der Waals surface area contributed by atoms with Gasteiger partial charge in [-0.3, -0.25) is 0 Å². The summed E-state index contributed by atoms with van der Waals surface area (Å²) in [4.78, 5) is 0. The van der Waals surface area contributed by atoms with Gasteiger partial charge in [-0.15, -0.1) is 0 Å². The first-order valence-corrected chi connectivity index (χ1v) is 7.03. The van der Waals surface area contributed by atoms with Crippen molar-refractivity contribution < 1.29 is 13.5 Å². The van der Waals surface area contributed by atoms with Gasteiger partial charge in [0.2, 0.25) is 0 Å². The van der Waals surface area contributed by atoms with Gasteiger partial charge in [0.1, 0.15) is 23.1 Å². The Morgan fingerprint density at radius 1 is 1.10 bits per heavy atom. The molecule has 112 valence electrons. The first-order valence-electron chi connectivity index (χ1n) is 6.66. The van der Waals surface area contributed by atoms with Crippen LogP contribution in [-0.2, 0) is 6.42 Å². The summed E-state index contributed by atoms with van der Waals surface area (Å²) in [5.41, 5.74) is 6.82. The van der Waals surface area contributed by atoms with Crippen molar-refractivity contribution in [1.82, 2.24) is 0 Å². The van der Waals surface area contributed by atoms with Crippen LogP contribution in [0.1, 0.15) is 18.9 Å². The monoisotopic (exact) mass is 311 g/mol. The van der Waals surface area contributed by atoms with Gasteiger partial charge in [0.15, 0.2) is 0 Å². The lowest BCUT2D eigenvalue weighted by Crippen LogP contribution is -2.21. The van der Waals surface area contributed by atoms with E-state index in [0.29, 0.717) is 17.2 Å². The van der Waals surface area contributed by atoms with Crippen LogP contribution >= 0.6 is 11.6 Å². The third-order valence-electron chi connectivity index (χ3n) is 3.10. The van der Waals surface area contributed by atoms with Gasteiger partial charge in [-0.05, 0) is 30.5 Å². The van der Waals surface area contributed by atoms with Crippen LogP contribution in [0.5, 0.6) is 11.5 Å². The second kappa shape index (κ2) is 6.87. The molecule has 0 fully saturated rings. The number of hydrogen-bond donors (Lipinski definition) is 1. The van der Waals surface area contributed by atoms with Crippen LogP contribution in [0, 0.1) is 11.6 Å². The first-order chi connectivity index (χ1) is 9.97. The maximum atomic E-state index is 13.1. The second-order valence-electron chi connectivity index (χ2n) is 4.83. The van der Waals surface area contributed by atoms with Gasteiger partial charge in [-0.2, -0.15) is 0 Å². The average molecular weight is 312 g/mol. The number of benzene rings is 2.